The highest BCUT2D eigenvalue weighted by atomic mass is 19.4. The number of rotatable bonds is 4. The molecule has 3 heterocycles. The van der Waals surface area contributed by atoms with Gasteiger partial charge in [-0.15, -0.1) is 0 Å². The molecule has 0 radical (unpaired) electrons. The Morgan fingerprint density at radius 1 is 1.23 bits per heavy atom. The molecule has 1 fully saturated rings. The number of carbonyl (C=O) groups is 1. The van der Waals surface area contributed by atoms with Crippen molar-refractivity contribution in [1.82, 2.24) is 14.9 Å². The first-order valence-electron chi connectivity index (χ1n) is 9.79. The number of aromatic amines is 1. The Morgan fingerprint density at radius 2 is 2.00 bits per heavy atom. The maximum Gasteiger partial charge on any atom is 0.433 e. The Kier molecular flexibility index (Phi) is 5.51. The van der Waals surface area contributed by atoms with Gasteiger partial charge in [-0.2, -0.15) is 13.2 Å². The Labute approximate surface area is 171 Å². The lowest BCUT2D eigenvalue weighted by molar-refractivity contribution is -0.140. The Morgan fingerprint density at radius 3 is 2.70 bits per heavy atom. The predicted octanol–water partition coefficient (Wildman–Crippen LogP) is 4.75. The molecule has 1 atom stereocenters. The lowest BCUT2D eigenvalue weighted by Crippen LogP contribution is -2.39. The van der Waals surface area contributed by atoms with Crippen LogP contribution in [0.15, 0.2) is 42.5 Å². The Hall–Kier alpha value is -2.87. The van der Waals surface area contributed by atoms with E-state index in [0.717, 1.165) is 30.2 Å². The van der Waals surface area contributed by atoms with Crippen LogP contribution >= 0.6 is 0 Å². The van der Waals surface area contributed by atoms with E-state index in [1.54, 1.807) is 30.2 Å². The van der Waals surface area contributed by atoms with E-state index in [1.165, 1.54) is 6.07 Å². The summed E-state index contributed by atoms with van der Waals surface area (Å²) >= 11 is 0. The van der Waals surface area contributed by atoms with Gasteiger partial charge in [-0.25, -0.2) is 4.98 Å². The van der Waals surface area contributed by atoms with E-state index >= 15 is 0 Å². The number of nitrogens with one attached hydrogen (secondary N) is 1. The topological polar surface area (TPSA) is 58.2 Å². The summed E-state index contributed by atoms with van der Waals surface area (Å²) in [6.07, 6.45) is -2.79. The fraction of sp³-hybridized carbons (Fsp3) is 0.364. The van der Waals surface area contributed by atoms with Gasteiger partial charge in [0, 0.05) is 37.4 Å². The molecule has 1 N–H and O–H groups in total. The molecule has 4 rings (SSSR count). The highest BCUT2D eigenvalue weighted by Crippen LogP contribution is 2.32. The van der Waals surface area contributed by atoms with Crippen LogP contribution in [-0.2, 0) is 17.5 Å². The summed E-state index contributed by atoms with van der Waals surface area (Å²) < 4.78 is 43.9. The van der Waals surface area contributed by atoms with Crippen LogP contribution in [0.5, 0.6) is 0 Å². The number of amides is 1. The summed E-state index contributed by atoms with van der Waals surface area (Å²) in [4.78, 5) is 21.6. The van der Waals surface area contributed by atoms with Crippen molar-refractivity contribution in [1.29, 1.82) is 0 Å². The van der Waals surface area contributed by atoms with Crippen molar-refractivity contribution in [3.05, 3.63) is 65.0 Å². The van der Waals surface area contributed by atoms with Gasteiger partial charge in [0.25, 0.3) is 5.91 Å². The summed E-state index contributed by atoms with van der Waals surface area (Å²) in [5.41, 5.74) is 2.37. The number of benzene rings is 1. The molecule has 1 saturated heterocycles. The number of ether oxygens (including phenoxy) is 1. The van der Waals surface area contributed by atoms with Crippen LogP contribution in [0.2, 0.25) is 0 Å². The molecule has 30 heavy (non-hydrogen) atoms. The SMILES string of the molecule is COCc1ccc(C(=O)N2CCC[C@H](c3cc4nc(C(F)(F)F)ccc4[nH]3)C2)cc1. The largest absolute Gasteiger partial charge is 0.433 e. The molecule has 158 valence electrons. The number of H-pyrrole nitrogens is 1. The van der Waals surface area contributed by atoms with E-state index in [1.807, 2.05) is 12.1 Å². The molecular weight excluding hydrogens is 395 g/mol. The number of likely N-dealkylation sites (tertiary alicyclic amines) is 1. The highest BCUT2D eigenvalue weighted by molar-refractivity contribution is 5.94. The predicted molar refractivity (Wildman–Crippen MR) is 106 cm³/mol. The third-order valence-corrected chi connectivity index (χ3v) is 5.45. The van der Waals surface area contributed by atoms with Crippen LogP contribution in [0.1, 0.15) is 46.1 Å². The zero-order chi connectivity index (χ0) is 21.3. The lowest BCUT2D eigenvalue weighted by atomic mass is 9.94. The minimum atomic E-state index is -4.47. The second-order valence-corrected chi connectivity index (χ2v) is 7.57. The van der Waals surface area contributed by atoms with Gasteiger partial charge in [0.15, 0.2) is 0 Å². The van der Waals surface area contributed by atoms with Gasteiger partial charge in [-0.3, -0.25) is 4.79 Å². The van der Waals surface area contributed by atoms with Crippen LogP contribution in [0.3, 0.4) is 0 Å². The fourth-order valence-electron chi connectivity index (χ4n) is 3.92. The molecule has 1 aromatic carbocycles. The van der Waals surface area contributed by atoms with E-state index in [-0.39, 0.29) is 17.3 Å². The number of piperidine rings is 1. The number of hydrogen-bond acceptors (Lipinski definition) is 3. The number of alkyl halides is 3. The van der Waals surface area contributed by atoms with Gasteiger partial charge >= 0.3 is 6.18 Å². The summed E-state index contributed by atoms with van der Waals surface area (Å²) in [6.45, 7) is 1.66. The Bertz CT molecular complexity index is 1040. The maximum atomic E-state index is 12.9. The molecule has 1 aliphatic heterocycles. The molecule has 0 aliphatic carbocycles. The number of carbonyl (C=O) groups excluding carboxylic acids is 1. The first-order valence-corrected chi connectivity index (χ1v) is 9.79. The van der Waals surface area contributed by atoms with Crippen molar-refractivity contribution in [2.24, 2.45) is 0 Å². The molecule has 0 unspecified atom stereocenters. The second-order valence-electron chi connectivity index (χ2n) is 7.57. The molecule has 2 aromatic heterocycles. The monoisotopic (exact) mass is 417 g/mol. The number of aromatic nitrogens is 2. The molecule has 5 nitrogen and oxygen atoms in total. The van der Waals surface area contributed by atoms with Crippen molar-refractivity contribution >= 4 is 16.9 Å². The minimum absolute atomic E-state index is 0.0269. The first kappa shape index (κ1) is 20.4. The van der Waals surface area contributed by atoms with Crippen molar-refractivity contribution in [2.75, 3.05) is 20.2 Å². The molecule has 1 aliphatic rings. The Balaban J connectivity index is 1.51. The van der Waals surface area contributed by atoms with Gasteiger partial charge < -0.3 is 14.6 Å². The summed E-state index contributed by atoms with van der Waals surface area (Å²) in [7, 11) is 1.62. The minimum Gasteiger partial charge on any atom is -0.380 e. The van der Waals surface area contributed by atoms with Gasteiger partial charge in [-0.05, 0) is 48.7 Å². The fourth-order valence-corrected chi connectivity index (χ4v) is 3.92. The van der Waals surface area contributed by atoms with E-state index in [2.05, 4.69) is 9.97 Å². The smallest absolute Gasteiger partial charge is 0.380 e. The molecule has 0 bridgehead atoms. The van der Waals surface area contributed by atoms with Gasteiger partial charge in [0.05, 0.1) is 17.6 Å². The summed E-state index contributed by atoms with van der Waals surface area (Å²) in [6, 6.07) is 11.4. The maximum absolute atomic E-state index is 12.9. The van der Waals surface area contributed by atoms with Crippen molar-refractivity contribution in [3.63, 3.8) is 0 Å². The standard InChI is InChI=1S/C22H22F3N3O2/c1-30-13-14-4-6-15(7-5-14)21(29)28-10-2-3-16(12-28)18-11-19-17(26-18)8-9-20(27-19)22(23,24)25/h4-9,11,16,26H,2-3,10,12-13H2,1H3/t16-/m0/s1. The van der Waals surface area contributed by atoms with E-state index in [9.17, 15) is 18.0 Å². The summed E-state index contributed by atoms with van der Waals surface area (Å²) in [5.74, 6) is -0.0174. The van der Waals surface area contributed by atoms with Crippen LogP contribution in [0.25, 0.3) is 11.0 Å². The highest BCUT2D eigenvalue weighted by Gasteiger charge is 2.33. The average Bonchev–Trinajstić information content (AvgIpc) is 3.17. The zero-order valence-corrected chi connectivity index (χ0v) is 16.5. The third kappa shape index (κ3) is 4.18. The van der Waals surface area contributed by atoms with Gasteiger partial charge in [-0.1, -0.05) is 12.1 Å². The third-order valence-electron chi connectivity index (χ3n) is 5.45. The van der Waals surface area contributed by atoms with Gasteiger partial charge in [0.2, 0.25) is 0 Å². The van der Waals surface area contributed by atoms with Crippen molar-refractivity contribution < 1.29 is 22.7 Å². The number of fused-ring (bicyclic) bond motifs is 1. The molecule has 0 saturated carbocycles. The number of methoxy groups -OCH3 is 1. The van der Waals surface area contributed by atoms with Crippen LogP contribution in [0.4, 0.5) is 13.2 Å². The van der Waals surface area contributed by atoms with Crippen LogP contribution in [0, 0.1) is 0 Å². The second kappa shape index (κ2) is 8.10. The van der Waals surface area contributed by atoms with E-state index in [0.29, 0.717) is 30.8 Å². The number of halogens is 3. The van der Waals surface area contributed by atoms with E-state index in [4.69, 9.17) is 4.74 Å². The average molecular weight is 417 g/mol. The molecule has 3 aromatic rings. The summed E-state index contributed by atoms with van der Waals surface area (Å²) in [5, 5.41) is 0. The normalized spacial score (nSPS) is 17.5. The van der Waals surface area contributed by atoms with E-state index < -0.39 is 11.9 Å². The molecule has 1 amide bonds. The number of nitrogens with zero attached hydrogens (tertiary/aromatic N) is 2. The van der Waals surface area contributed by atoms with Crippen molar-refractivity contribution in [3.8, 4) is 0 Å². The molecular formula is C22H22F3N3O2. The zero-order valence-electron chi connectivity index (χ0n) is 16.5. The van der Waals surface area contributed by atoms with Gasteiger partial charge in [0.1, 0.15) is 5.69 Å². The molecule has 8 heteroatoms. The van der Waals surface area contributed by atoms with Crippen molar-refractivity contribution in [2.45, 2.75) is 31.5 Å². The lowest BCUT2D eigenvalue weighted by Gasteiger charge is -2.32. The first-order chi connectivity index (χ1) is 14.3. The van der Waals surface area contributed by atoms with Crippen LogP contribution < -0.4 is 0 Å². The number of hydrogen-bond donors (Lipinski definition) is 1. The van der Waals surface area contributed by atoms with Crippen LogP contribution in [-0.4, -0.2) is 41.0 Å². The quantitative estimate of drug-likeness (QED) is 0.667. The molecule has 0 spiro atoms. The number of pyridine rings is 1.